The normalized spacial score (nSPS) is 23.6. The van der Waals surface area contributed by atoms with E-state index in [0.717, 1.165) is 25.7 Å². The van der Waals surface area contributed by atoms with Crippen LogP contribution in [0.5, 0.6) is 0 Å². The standard InChI is InChI=1S/C11H16N4O3/c1-7(16)12-8-2-4-9(5-3-8)15-6-10(11(17)18)13-14-15/h6,8-9H,2-5H2,1H3,(H,12,16)(H,17,18). The largest absolute Gasteiger partial charge is 0.476 e. The molecule has 1 aromatic rings. The number of aromatic carboxylic acids is 1. The summed E-state index contributed by atoms with van der Waals surface area (Å²) in [5.74, 6) is -1.07. The number of nitrogens with one attached hydrogen (secondary N) is 1. The zero-order chi connectivity index (χ0) is 13.1. The first-order valence-electron chi connectivity index (χ1n) is 5.98. The molecule has 1 aromatic heterocycles. The molecule has 18 heavy (non-hydrogen) atoms. The second-order valence-corrected chi connectivity index (χ2v) is 4.59. The Balaban J connectivity index is 1.92. The molecule has 0 aliphatic heterocycles. The van der Waals surface area contributed by atoms with Gasteiger partial charge in [0.15, 0.2) is 5.69 Å². The van der Waals surface area contributed by atoms with Crippen molar-refractivity contribution in [2.24, 2.45) is 0 Å². The van der Waals surface area contributed by atoms with Crippen LogP contribution in [-0.4, -0.2) is 38.0 Å². The van der Waals surface area contributed by atoms with Crippen molar-refractivity contribution in [3.05, 3.63) is 11.9 Å². The van der Waals surface area contributed by atoms with Gasteiger partial charge in [-0.1, -0.05) is 5.21 Å². The predicted molar refractivity (Wildman–Crippen MR) is 62.1 cm³/mol. The molecule has 0 aromatic carbocycles. The van der Waals surface area contributed by atoms with Gasteiger partial charge in [-0.3, -0.25) is 4.79 Å². The first-order valence-corrected chi connectivity index (χ1v) is 5.98. The molecule has 0 unspecified atom stereocenters. The Kier molecular flexibility index (Phi) is 3.59. The van der Waals surface area contributed by atoms with Crippen LogP contribution in [0.1, 0.15) is 49.1 Å². The van der Waals surface area contributed by atoms with Gasteiger partial charge < -0.3 is 10.4 Å². The lowest BCUT2D eigenvalue weighted by atomic mass is 9.91. The molecule has 0 saturated heterocycles. The number of nitrogens with zero attached hydrogens (tertiary/aromatic N) is 3. The topological polar surface area (TPSA) is 97.1 Å². The highest BCUT2D eigenvalue weighted by molar-refractivity contribution is 5.84. The zero-order valence-electron chi connectivity index (χ0n) is 10.2. The van der Waals surface area contributed by atoms with E-state index in [1.54, 1.807) is 4.68 Å². The van der Waals surface area contributed by atoms with Crippen molar-refractivity contribution in [1.82, 2.24) is 20.3 Å². The molecule has 2 rings (SSSR count). The second-order valence-electron chi connectivity index (χ2n) is 4.59. The van der Waals surface area contributed by atoms with Crippen LogP contribution in [0, 0.1) is 0 Å². The first-order chi connectivity index (χ1) is 8.56. The summed E-state index contributed by atoms with van der Waals surface area (Å²) in [5.41, 5.74) is -0.0287. The fourth-order valence-electron chi connectivity index (χ4n) is 2.33. The molecule has 1 amide bonds. The lowest BCUT2D eigenvalue weighted by Gasteiger charge is -2.28. The minimum absolute atomic E-state index is 0.00707. The Labute approximate surface area is 104 Å². The molecule has 0 atom stereocenters. The van der Waals surface area contributed by atoms with Gasteiger partial charge in [0.2, 0.25) is 5.91 Å². The van der Waals surface area contributed by atoms with Gasteiger partial charge in [-0.05, 0) is 25.7 Å². The first kappa shape index (κ1) is 12.5. The summed E-state index contributed by atoms with van der Waals surface area (Å²) < 4.78 is 1.62. The molecule has 0 spiro atoms. The molecule has 1 fully saturated rings. The number of hydrogen-bond donors (Lipinski definition) is 2. The van der Waals surface area contributed by atoms with Gasteiger partial charge in [-0.15, -0.1) is 5.10 Å². The van der Waals surface area contributed by atoms with Crippen LogP contribution >= 0.6 is 0 Å². The molecule has 7 nitrogen and oxygen atoms in total. The van der Waals surface area contributed by atoms with Crippen LogP contribution < -0.4 is 5.32 Å². The Morgan fingerprint density at radius 1 is 1.39 bits per heavy atom. The maximum absolute atomic E-state index is 10.9. The fourth-order valence-corrected chi connectivity index (χ4v) is 2.33. The molecule has 0 radical (unpaired) electrons. The monoisotopic (exact) mass is 252 g/mol. The number of carboxylic acid groups (broad SMARTS) is 1. The van der Waals surface area contributed by atoms with Gasteiger partial charge in [-0.2, -0.15) is 0 Å². The lowest BCUT2D eigenvalue weighted by Crippen LogP contribution is -2.36. The van der Waals surface area contributed by atoms with Crippen LogP contribution in [0.4, 0.5) is 0 Å². The summed E-state index contributed by atoms with van der Waals surface area (Å²) in [7, 11) is 0. The Bertz CT molecular complexity index is 449. The van der Waals surface area contributed by atoms with E-state index in [0.29, 0.717) is 0 Å². The molecule has 0 bridgehead atoms. The molecular weight excluding hydrogens is 236 g/mol. The summed E-state index contributed by atoms with van der Waals surface area (Å²) in [6.45, 7) is 1.52. The van der Waals surface area contributed by atoms with Gasteiger partial charge in [-0.25, -0.2) is 9.48 Å². The third kappa shape index (κ3) is 2.85. The van der Waals surface area contributed by atoms with Crippen LogP contribution in [-0.2, 0) is 4.79 Å². The maximum Gasteiger partial charge on any atom is 0.358 e. The SMILES string of the molecule is CC(=O)NC1CCC(n2cc(C(=O)O)nn2)CC1. The quantitative estimate of drug-likeness (QED) is 0.820. The van der Waals surface area contributed by atoms with Gasteiger partial charge in [0.25, 0.3) is 0 Å². The summed E-state index contributed by atoms with van der Waals surface area (Å²) in [6.07, 6.45) is 4.96. The Morgan fingerprint density at radius 2 is 2.06 bits per heavy atom. The molecule has 1 heterocycles. The summed E-state index contributed by atoms with van der Waals surface area (Å²) in [6, 6.07) is 0.400. The van der Waals surface area contributed by atoms with E-state index >= 15 is 0 Å². The van der Waals surface area contributed by atoms with Crippen molar-refractivity contribution in [3.63, 3.8) is 0 Å². The lowest BCUT2D eigenvalue weighted by molar-refractivity contribution is -0.119. The molecule has 98 valence electrons. The third-order valence-electron chi connectivity index (χ3n) is 3.21. The molecule has 1 aliphatic rings. The van der Waals surface area contributed by atoms with Crippen molar-refractivity contribution in [2.75, 3.05) is 0 Å². The van der Waals surface area contributed by atoms with Crippen molar-refractivity contribution in [1.29, 1.82) is 0 Å². The Morgan fingerprint density at radius 3 is 2.56 bits per heavy atom. The fraction of sp³-hybridized carbons (Fsp3) is 0.636. The molecule has 2 N–H and O–H groups in total. The maximum atomic E-state index is 10.9. The summed E-state index contributed by atoms with van der Waals surface area (Å²) in [4.78, 5) is 21.6. The number of hydrogen-bond acceptors (Lipinski definition) is 4. The van der Waals surface area contributed by atoms with E-state index in [1.165, 1.54) is 13.1 Å². The number of carbonyl (C=O) groups is 2. The Hall–Kier alpha value is -1.92. The van der Waals surface area contributed by atoms with E-state index < -0.39 is 5.97 Å². The van der Waals surface area contributed by atoms with E-state index in [9.17, 15) is 9.59 Å². The van der Waals surface area contributed by atoms with Crippen molar-refractivity contribution >= 4 is 11.9 Å². The smallest absolute Gasteiger partial charge is 0.358 e. The summed E-state index contributed by atoms with van der Waals surface area (Å²) >= 11 is 0. The van der Waals surface area contributed by atoms with Crippen LogP contribution in [0.3, 0.4) is 0 Å². The van der Waals surface area contributed by atoms with Crippen molar-refractivity contribution in [3.8, 4) is 0 Å². The average Bonchev–Trinajstić information content (AvgIpc) is 2.78. The number of rotatable bonds is 3. The van der Waals surface area contributed by atoms with E-state index in [4.69, 9.17) is 5.11 Å². The van der Waals surface area contributed by atoms with Crippen LogP contribution in [0.25, 0.3) is 0 Å². The van der Waals surface area contributed by atoms with Gasteiger partial charge in [0.05, 0.1) is 12.2 Å². The van der Waals surface area contributed by atoms with E-state index in [1.807, 2.05) is 0 Å². The number of carbonyl (C=O) groups excluding carboxylic acids is 1. The van der Waals surface area contributed by atoms with Crippen LogP contribution in [0.2, 0.25) is 0 Å². The molecule has 7 heteroatoms. The minimum Gasteiger partial charge on any atom is -0.476 e. The van der Waals surface area contributed by atoms with Crippen molar-refractivity contribution in [2.45, 2.75) is 44.7 Å². The molecule has 1 aliphatic carbocycles. The number of aromatic nitrogens is 3. The third-order valence-corrected chi connectivity index (χ3v) is 3.21. The van der Waals surface area contributed by atoms with Crippen molar-refractivity contribution < 1.29 is 14.7 Å². The second kappa shape index (κ2) is 5.16. The average molecular weight is 252 g/mol. The number of carboxylic acids is 1. The van der Waals surface area contributed by atoms with E-state index in [2.05, 4.69) is 15.6 Å². The van der Waals surface area contributed by atoms with E-state index in [-0.39, 0.29) is 23.7 Å². The highest BCUT2D eigenvalue weighted by Crippen LogP contribution is 2.27. The van der Waals surface area contributed by atoms with Gasteiger partial charge >= 0.3 is 5.97 Å². The van der Waals surface area contributed by atoms with Crippen LogP contribution in [0.15, 0.2) is 6.20 Å². The minimum atomic E-state index is -1.06. The zero-order valence-corrected chi connectivity index (χ0v) is 10.2. The molecule has 1 saturated carbocycles. The molecular formula is C11H16N4O3. The number of amides is 1. The highest BCUT2D eigenvalue weighted by Gasteiger charge is 2.24. The van der Waals surface area contributed by atoms with Gasteiger partial charge in [0.1, 0.15) is 0 Å². The highest BCUT2D eigenvalue weighted by atomic mass is 16.4. The predicted octanol–water partition coefficient (Wildman–Crippen LogP) is 0.596. The summed E-state index contributed by atoms with van der Waals surface area (Å²) in [5, 5.41) is 19.1. The van der Waals surface area contributed by atoms with Gasteiger partial charge in [0, 0.05) is 13.0 Å².